The Hall–Kier alpha value is -2.14. The molecule has 3 heterocycles. The second-order valence-electron chi connectivity index (χ2n) is 3.80. The van der Waals surface area contributed by atoms with E-state index in [4.69, 9.17) is 11.6 Å². The van der Waals surface area contributed by atoms with Gasteiger partial charge in [-0.15, -0.1) is 0 Å². The number of pyridine rings is 1. The molecule has 0 unspecified atom stereocenters. The Morgan fingerprint density at radius 3 is 3.06 bits per heavy atom. The fourth-order valence-corrected chi connectivity index (χ4v) is 1.91. The summed E-state index contributed by atoms with van der Waals surface area (Å²) in [6, 6.07) is 5.81. The normalized spacial score (nSPS) is 10.7. The quantitative estimate of drug-likeness (QED) is 0.710. The van der Waals surface area contributed by atoms with E-state index in [9.17, 15) is 0 Å². The van der Waals surface area contributed by atoms with Gasteiger partial charge in [0.25, 0.3) is 0 Å². The summed E-state index contributed by atoms with van der Waals surface area (Å²) in [4.78, 5) is 15.4. The molecule has 18 heavy (non-hydrogen) atoms. The molecule has 0 fully saturated rings. The van der Waals surface area contributed by atoms with Gasteiger partial charge in [-0.25, -0.2) is 4.98 Å². The highest BCUT2D eigenvalue weighted by Crippen LogP contribution is 2.21. The van der Waals surface area contributed by atoms with Gasteiger partial charge in [0.15, 0.2) is 0 Å². The Morgan fingerprint density at radius 2 is 2.22 bits per heavy atom. The lowest BCUT2D eigenvalue weighted by Gasteiger charge is -2.06. The van der Waals surface area contributed by atoms with Crippen LogP contribution in [-0.4, -0.2) is 19.9 Å². The molecule has 0 aliphatic rings. The Balaban J connectivity index is 1.88. The molecule has 0 saturated carbocycles. The number of fused-ring (bicyclic) bond motifs is 1. The van der Waals surface area contributed by atoms with Crippen LogP contribution >= 0.6 is 11.6 Å². The van der Waals surface area contributed by atoms with Crippen LogP contribution in [0, 0.1) is 0 Å². The molecule has 0 spiro atoms. The highest BCUT2D eigenvalue weighted by atomic mass is 35.5. The van der Waals surface area contributed by atoms with Gasteiger partial charge in [-0.3, -0.25) is 4.98 Å². The van der Waals surface area contributed by atoms with E-state index in [1.54, 1.807) is 6.20 Å². The Kier molecular flexibility index (Phi) is 2.82. The van der Waals surface area contributed by atoms with Gasteiger partial charge < -0.3 is 10.3 Å². The first kappa shape index (κ1) is 11.0. The smallest absolute Gasteiger partial charge is 0.226 e. The molecule has 3 aromatic rings. The minimum atomic E-state index is 0.221. The fraction of sp³-hybridized carbons (Fsp3) is 0.0833. The number of halogens is 1. The summed E-state index contributed by atoms with van der Waals surface area (Å²) in [7, 11) is 0. The highest BCUT2D eigenvalue weighted by molar-refractivity contribution is 6.28. The molecule has 0 radical (unpaired) electrons. The van der Waals surface area contributed by atoms with Crippen molar-refractivity contribution >= 4 is 28.5 Å². The predicted octanol–water partition coefficient (Wildman–Crippen LogP) is 2.62. The Morgan fingerprint density at radius 1 is 1.28 bits per heavy atom. The first-order valence-electron chi connectivity index (χ1n) is 5.46. The molecule has 6 heteroatoms. The SMILES string of the molecule is Clc1nc(NCc2cccnc2)c2cc[nH]c2n1. The molecule has 0 aliphatic heterocycles. The van der Waals surface area contributed by atoms with Gasteiger partial charge in [-0.2, -0.15) is 4.98 Å². The van der Waals surface area contributed by atoms with Crippen molar-refractivity contribution in [1.82, 2.24) is 19.9 Å². The molecule has 90 valence electrons. The average molecular weight is 260 g/mol. The van der Waals surface area contributed by atoms with Crippen molar-refractivity contribution in [3.05, 3.63) is 47.6 Å². The van der Waals surface area contributed by atoms with E-state index >= 15 is 0 Å². The number of nitrogens with one attached hydrogen (secondary N) is 2. The van der Waals surface area contributed by atoms with Crippen molar-refractivity contribution in [2.24, 2.45) is 0 Å². The van der Waals surface area contributed by atoms with Gasteiger partial charge in [-0.1, -0.05) is 6.07 Å². The fourth-order valence-electron chi connectivity index (χ4n) is 1.74. The van der Waals surface area contributed by atoms with Crippen LogP contribution in [-0.2, 0) is 6.54 Å². The van der Waals surface area contributed by atoms with Gasteiger partial charge in [0.2, 0.25) is 5.28 Å². The summed E-state index contributed by atoms with van der Waals surface area (Å²) in [5.74, 6) is 0.718. The molecule has 3 rings (SSSR count). The number of anilines is 1. The number of rotatable bonds is 3. The summed E-state index contributed by atoms with van der Waals surface area (Å²) >= 11 is 5.87. The van der Waals surface area contributed by atoms with Crippen LogP contribution in [0.2, 0.25) is 5.28 Å². The van der Waals surface area contributed by atoms with E-state index < -0.39 is 0 Å². The van der Waals surface area contributed by atoms with E-state index in [-0.39, 0.29) is 5.28 Å². The Bertz CT molecular complexity index is 665. The number of hydrogen-bond donors (Lipinski definition) is 2. The van der Waals surface area contributed by atoms with Crippen LogP contribution in [0.15, 0.2) is 36.8 Å². The van der Waals surface area contributed by atoms with E-state index in [1.165, 1.54) is 0 Å². The summed E-state index contributed by atoms with van der Waals surface area (Å²) in [6.45, 7) is 0.640. The van der Waals surface area contributed by atoms with E-state index in [0.717, 1.165) is 22.4 Å². The molecule has 2 N–H and O–H groups in total. The third-order valence-corrected chi connectivity index (χ3v) is 2.74. The monoisotopic (exact) mass is 259 g/mol. The summed E-state index contributed by atoms with van der Waals surface area (Å²) in [6.07, 6.45) is 5.37. The number of aromatic nitrogens is 4. The molecule has 3 aromatic heterocycles. The van der Waals surface area contributed by atoms with Gasteiger partial charge in [0, 0.05) is 25.1 Å². The number of nitrogens with zero attached hydrogens (tertiary/aromatic N) is 3. The minimum absolute atomic E-state index is 0.221. The second kappa shape index (κ2) is 4.62. The molecular formula is C12H10ClN5. The third kappa shape index (κ3) is 2.12. The zero-order valence-corrected chi connectivity index (χ0v) is 10.1. The molecule has 0 aliphatic carbocycles. The van der Waals surface area contributed by atoms with E-state index in [1.807, 2.05) is 30.6 Å². The summed E-state index contributed by atoms with van der Waals surface area (Å²) < 4.78 is 0. The second-order valence-corrected chi connectivity index (χ2v) is 4.13. The highest BCUT2D eigenvalue weighted by Gasteiger charge is 2.06. The number of aromatic amines is 1. The van der Waals surface area contributed by atoms with E-state index in [2.05, 4.69) is 25.3 Å². The van der Waals surface area contributed by atoms with Crippen molar-refractivity contribution in [2.45, 2.75) is 6.54 Å². The lowest BCUT2D eigenvalue weighted by molar-refractivity contribution is 1.08. The van der Waals surface area contributed by atoms with Crippen LogP contribution in [0.5, 0.6) is 0 Å². The third-order valence-electron chi connectivity index (χ3n) is 2.57. The maximum Gasteiger partial charge on any atom is 0.226 e. The van der Waals surface area contributed by atoms with Crippen molar-refractivity contribution in [3.63, 3.8) is 0 Å². The van der Waals surface area contributed by atoms with Gasteiger partial charge in [-0.05, 0) is 29.3 Å². The zero-order valence-electron chi connectivity index (χ0n) is 9.39. The predicted molar refractivity (Wildman–Crippen MR) is 70.5 cm³/mol. The van der Waals surface area contributed by atoms with Crippen LogP contribution in [0.1, 0.15) is 5.56 Å². The maximum absolute atomic E-state index is 5.87. The van der Waals surface area contributed by atoms with Crippen LogP contribution in [0.4, 0.5) is 5.82 Å². The van der Waals surface area contributed by atoms with Crippen molar-refractivity contribution in [1.29, 1.82) is 0 Å². The van der Waals surface area contributed by atoms with Gasteiger partial charge in [0.05, 0.1) is 5.39 Å². The zero-order chi connectivity index (χ0) is 12.4. The number of hydrogen-bond acceptors (Lipinski definition) is 4. The van der Waals surface area contributed by atoms with Crippen molar-refractivity contribution in [2.75, 3.05) is 5.32 Å². The number of H-pyrrole nitrogens is 1. The van der Waals surface area contributed by atoms with Crippen LogP contribution in [0.3, 0.4) is 0 Å². The lowest BCUT2D eigenvalue weighted by atomic mass is 10.3. The Labute approximate surface area is 108 Å². The topological polar surface area (TPSA) is 66.5 Å². The average Bonchev–Trinajstić information content (AvgIpc) is 2.85. The first-order chi connectivity index (χ1) is 8.83. The molecule has 0 saturated heterocycles. The van der Waals surface area contributed by atoms with Crippen molar-refractivity contribution < 1.29 is 0 Å². The minimum Gasteiger partial charge on any atom is -0.365 e. The van der Waals surface area contributed by atoms with Crippen LogP contribution < -0.4 is 5.32 Å². The summed E-state index contributed by atoms with van der Waals surface area (Å²) in [5.41, 5.74) is 1.81. The van der Waals surface area contributed by atoms with Gasteiger partial charge in [0.1, 0.15) is 11.5 Å². The molecular weight excluding hydrogens is 250 g/mol. The standard InChI is InChI=1S/C12H10ClN5/c13-12-17-10-9(3-5-15-10)11(18-12)16-7-8-2-1-4-14-6-8/h1-6H,7H2,(H2,15,16,17,18). The molecule has 0 amide bonds. The lowest BCUT2D eigenvalue weighted by Crippen LogP contribution is -2.03. The summed E-state index contributed by atoms with van der Waals surface area (Å²) in [5, 5.41) is 4.38. The first-order valence-corrected chi connectivity index (χ1v) is 5.84. The molecule has 0 atom stereocenters. The molecule has 0 aromatic carbocycles. The van der Waals surface area contributed by atoms with Crippen molar-refractivity contribution in [3.8, 4) is 0 Å². The molecule has 0 bridgehead atoms. The largest absolute Gasteiger partial charge is 0.365 e. The van der Waals surface area contributed by atoms with Gasteiger partial charge >= 0.3 is 0 Å². The maximum atomic E-state index is 5.87. The van der Waals surface area contributed by atoms with Crippen LogP contribution in [0.25, 0.3) is 11.0 Å². The molecule has 5 nitrogen and oxygen atoms in total. The van der Waals surface area contributed by atoms with E-state index in [0.29, 0.717) is 6.54 Å².